The van der Waals surface area contributed by atoms with Gasteiger partial charge in [-0.3, -0.25) is 4.79 Å². The maximum Gasteiger partial charge on any atom is 0.227 e. The number of amides is 1. The van der Waals surface area contributed by atoms with Crippen LogP contribution in [-0.2, 0) is 11.2 Å². The molecule has 4 nitrogen and oxygen atoms in total. The van der Waals surface area contributed by atoms with E-state index in [1.807, 2.05) is 47.4 Å². The van der Waals surface area contributed by atoms with E-state index in [4.69, 9.17) is 21.1 Å². The molecule has 0 spiro atoms. The summed E-state index contributed by atoms with van der Waals surface area (Å²) in [5.74, 6) is 1.59. The average Bonchev–Trinajstić information content (AvgIpc) is 3.12. The lowest BCUT2D eigenvalue weighted by Crippen LogP contribution is -2.32. The molecule has 2 aromatic rings. The van der Waals surface area contributed by atoms with Gasteiger partial charge in [-0.25, -0.2) is 0 Å². The fourth-order valence-electron chi connectivity index (χ4n) is 3.39. The van der Waals surface area contributed by atoms with Gasteiger partial charge in [0.15, 0.2) is 0 Å². The van der Waals surface area contributed by atoms with Crippen molar-refractivity contribution in [2.24, 2.45) is 0 Å². The van der Waals surface area contributed by atoms with Gasteiger partial charge in [-0.2, -0.15) is 0 Å². The van der Waals surface area contributed by atoms with E-state index >= 15 is 0 Å². The van der Waals surface area contributed by atoms with Crippen molar-refractivity contribution in [2.45, 2.75) is 25.3 Å². The van der Waals surface area contributed by atoms with Crippen LogP contribution in [0.2, 0.25) is 5.02 Å². The molecule has 0 N–H and O–H groups in total. The molecule has 5 heteroatoms. The number of hydrogen-bond acceptors (Lipinski definition) is 3. The van der Waals surface area contributed by atoms with Crippen molar-refractivity contribution < 1.29 is 14.3 Å². The van der Waals surface area contributed by atoms with Crippen molar-refractivity contribution in [3.05, 3.63) is 58.6 Å². The third-order valence-electron chi connectivity index (χ3n) is 4.67. The van der Waals surface area contributed by atoms with Crippen LogP contribution in [0.25, 0.3) is 0 Å². The van der Waals surface area contributed by atoms with Gasteiger partial charge in [0.05, 0.1) is 26.7 Å². The summed E-state index contributed by atoms with van der Waals surface area (Å²) >= 11 is 6.20. The van der Waals surface area contributed by atoms with Crippen LogP contribution in [0.15, 0.2) is 42.5 Å². The maximum atomic E-state index is 12.9. The summed E-state index contributed by atoms with van der Waals surface area (Å²) < 4.78 is 10.8. The molecular weight excluding hydrogens is 338 g/mol. The van der Waals surface area contributed by atoms with Gasteiger partial charge < -0.3 is 14.4 Å². The molecule has 1 aliphatic heterocycles. The molecule has 0 aromatic heterocycles. The lowest BCUT2D eigenvalue weighted by Gasteiger charge is -2.27. The van der Waals surface area contributed by atoms with Gasteiger partial charge in [-0.1, -0.05) is 29.8 Å². The van der Waals surface area contributed by atoms with Crippen LogP contribution in [0.4, 0.5) is 0 Å². The smallest absolute Gasteiger partial charge is 0.227 e. The quantitative estimate of drug-likeness (QED) is 0.800. The molecule has 1 atom stereocenters. The Kier molecular flexibility index (Phi) is 5.49. The third-order valence-corrected chi connectivity index (χ3v) is 5.04. The molecule has 1 saturated heterocycles. The van der Waals surface area contributed by atoms with Crippen molar-refractivity contribution in [3.8, 4) is 11.5 Å². The SMILES string of the molecule is COc1ccc(C2CCCN2C(=O)Cc2ccccc2Cl)c(OC)c1. The molecule has 0 saturated carbocycles. The minimum Gasteiger partial charge on any atom is -0.497 e. The Morgan fingerprint density at radius 2 is 2.00 bits per heavy atom. The zero-order valence-electron chi connectivity index (χ0n) is 14.5. The predicted molar refractivity (Wildman–Crippen MR) is 98.4 cm³/mol. The Bertz CT molecular complexity index is 762. The molecule has 1 fully saturated rings. The van der Waals surface area contributed by atoms with Crippen molar-refractivity contribution in [1.29, 1.82) is 0 Å². The van der Waals surface area contributed by atoms with Crippen LogP contribution in [0.5, 0.6) is 11.5 Å². The fraction of sp³-hybridized carbons (Fsp3) is 0.350. The first-order chi connectivity index (χ1) is 12.1. The molecule has 3 rings (SSSR count). The molecule has 0 aliphatic carbocycles. The maximum absolute atomic E-state index is 12.9. The molecular formula is C20H22ClNO3. The molecule has 25 heavy (non-hydrogen) atoms. The molecule has 2 aromatic carbocycles. The first-order valence-electron chi connectivity index (χ1n) is 8.39. The van der Waals surface area contributed by atoms with Gasteiger partial charge in [0, 0.05) is 23.2 Å². The van der Waals surface area contributed by atoms with Gasteiger partial charge in [-0.15, -0.1) is 0 Å². The highest BCUT2D eigenvalue weighted by atomic mass is 35.5. The highest BCUT2D eigenvalue weighted by Crippen LogP contribution is 2.39. The lowest BCUT2D eigenvalue weighted by molar-refractivity contribution is -0.131. The Hall–Kier alpha value is -2.20. The molecule has 1 unspecified atom stereocenters. The van der Waals surface area contributed by atoms with E-state index in [9.17, 15) is 4.79 Å². The summed E-state index contributed by atoms with van der Waals surface area (Å²) in [6.45, 7) is 0.753. The summed E-state index contributed by atoms with van der Waals surface area (Å²) in [7, 11) is 3.27. The highest BCUT2D eigenvalue weighted by molar-refractivity contribution is 6.31. The van der Waals surface area contributed by atoms with Crippen molar-refractivity contribution in [1.82, 2.24) is 4.90 Å². The van der Waals surface area contributed by atoms with Gasteiger partial charge >= 0.3 is 0 Å². The standard InChI is InChI=1S/C20H22ClNO3/c1-24-15-9-10-16(19(13-15)25-2)18-8-5-11-22(18)20(23)12-14-6-3-4-7-17(14)21/h3-4,6-7,9-10,13,18H,5,8,11-12H2,1-2H3. The van der Waals surface area contributed by atoms with Crippen LogP contribution in [0.1, 0.15) is 30.0 Å². The zero-order chi connectivity index (χ0) is 17.8. The minimum absolute atomic E-state index is 0.0239. The Labute approximate surface area is 153 Å². The van der Waals surface area contributed by atoms with E-state index in [1.165, 1.54) is 0 Å². The number of halogens is 1. The number of ether oxygens (including phenoxy) is 2. The summed E-state index contributed by atoms with van der Waals surface area (Å²) in [6.07, 6.45) is 2.22. The molecule has 0 radical (unpaired) electrons. The van der Waals surface area contributed by atoms with Crippen LogP contribution in [0.3, 0.4) is 0 Å². The molecule has 0 bridgehead atoms. The number of likely N-dealkylation sites (tertiary alicyclic amines) is 1. The van der Waals surface area contributed by atoms with E-state index in [0.717, 1.165) is 42.0 Å². The number of rotatable bonds is 5. The van der Waals surface area contributed by atoms with E-state index in [0.29, 0.717) is 11.4 Å². The van der Waals surface area contributed by atoms with Gasteiger partial charge in [0.1, 0.15) is 11.5 Å². The zero-order valence-corrected chi connectivity index (χ0v) is 15.3. The monoisotopic (exact) mass is 359 g/mol. The van der Waals surface area contributed by atoms with E-state index in [1.54, 1.807) is 14.2 Å². The van der Waals surface area contributed by atoms with Crippen LogP contribution >= 0.6 is 11.6 Å². The van der Waals surface area contributed by atoms with E-state index in [-0.39, 0.29) is 11.9 Å². The van der Waals surface area contributed by atoms with Crippen LogP contribution in [0, 0.1) is 0 Å². The Morgan fingerprint density at radius 1 is 1.20 bits per heavy atom. The Morgan fingerprint density at radius 3 is 2.72 bits per heavy atom. The van der Waals surface area contributed by atoms with Crippen LogP contribution in [-0.4, -0.2) is 31.6 Å². The van der Waals surface area contributed by atoms with E-state index in [2.05, 4.69) is 0 Å². The first-order valence-corrected chi connectivity index (χ1v) is 8.76. The highest BCUT2D eigenvalue weighted by Gasteiger charge is 2.32. The predicted octanol–water partition coefficient (Wildman–Crippen LogP) is 4.26. The number of carbonyl (C=O) groups excluding carboxylic acids is 1. The lowest BCUT2D eigenvalue weighted by atomic mass is 10.0. The molecule has 132 valence electrons. The van der Waals surface area contributed by atoms with Crippen molar-refractivity contribution in [2.75, 3.05) is 20.8 Å². The number of hydrogen-bond donors (Lipinski definition) is 0. The number of methoxy groups -OCH3 is 2. The Balaban J connectivity index is 1.83. The second-order valence-corrected chi connectivity index (χ2v) is 6.53. The average molecular weight is 360 g/mol. The van der Waals surface area contributed by atoms with Gasteiger partial charge in [-0.05, 0) is 36.6 Å². The number of carbonyl (C=O) groups is 1. The summed E-state index contributed by atoms with van der Waals surface area (Å²) in [6, 6.07) is 13.3. The van der Waals surface area contributed by atoms with E-state index < -0.39 is 0 Å². The largest absolute Gasteiger partial charge is 0.497 e. The second-order valence-electron chi connectivity index (χ2n) is 6.12. The second kappa shape index (κ2) is 7.79. The fourth-order valence-corrected chi connectivity index (χ4v) is 3.59. The molecule has 1 aliphatic rings. The summed E-state index contributed by atoms with van der Waals surface area (Å²) in [4.78, 5) is 14.8. The first kappa shape index (κ1) is 17.6. The van der Waals surface area contributed by atoms with Gasteiger partial charge in [0.2, 0.25) is 5.91 Å². The number of benzene rings is 2. The normalized spacial score (nSPS) is 16.8. The third kappa shape index (κ3) is 3.74. The van der Waals surface area contributed by atoms with Crippen molar-refractivity contribution >= 4 is 17.5 Å². The number of nitrogens with zero attached hydrogens (tertiary/aromatic N) is 1. The minimum atomic E-state index is 0.0239. The van der Waals surface area contributed by atoms with Crippen LogP contribution < -0.4 is 9.47 Å². The summed E-state index contributed by atoms with van der Waals surface area (Å²) in [5, 5.41) is 0.633. The summed E-state index contributed by atoms with van der Waals surface area (Å²) in [5.41, 5.74) is 1.88. The molecule has 1 heterocycles. The van der Waals surface area contributed by atoms with Gasteiger partial charge in [0.25, 0.3) is 0 Å². The van der Waals surface area contributed by atoms with Crippen molar-refractivity contribution in [3.63, 3.8) is 0 Å². The topological polar surface area (TPSA) is 38.8 Å². The molecule has 1 amide bonds.